The van der Waals surface area contributed by atoms with E-state index in [0.717, 1.165) is 27.3 Å². The summed E-state index contributed by atoms with van der Waals surface area (Å²) in [4.78, 5) is 26.2. The second kappa shape index (κ2) is 9.03. The molecular formula is C24H24N2O2S2. The van der Waals surface area contributed by atoms with Gasteiger partial charge in [-0.05, 0) is 68.8 Å². The summed E-state index contributed by atoms with van der Waals surface area (Å²) in [5, 5.41) is 15.8. The van der Waals surface area contributed by atoms with Crippen LogP contribution in [0.25, 0.3) is 0 Å². The van der Waals surface area contributed by atoms with E-state index in [-0.39, 0.29) is 17.3 Å². The van der Waals surface area contributed by atoms with E-state index in [1.165, 1.54) is 18.7 Å². The van der Waals surface area contributed by atoms with E-state index in [2.05, 4.69) is 11.4 Å². The number of nitrogens with one attached hydrogen (secondary N) is 1. The number of carbonyl (C=O) groups excluding carboxylic acids is 2. The Bertz CT molecular complexity index is 1130. The summed E-state index contributed by atoms with van der Waals surface area (Å²) in [5.74, 6) is -0.221. The van der Waals surface area contributed by atoms with E-state index in [1.54, 1.807) is 11.3 Å². The molecule has 0 fully saturated rings. The molecular weight excluding hydrogens is 412 g/mol. The van der Waals surface area contributed by atoms with E-state index in [9.17, 15) is 14.9 Å². The zero-order chi connectivity index (χ0) is 22.0. The number of ketones is 2. The molecule has 1 aliphatic rings. The number of thioether (sulfide) groups is 1. The smallest absolute Gasteiger partial charge is 0.173 e. The minimum absolute atomic E-state index is 0.0116. The van der Waals surface area contributed by atoms with Gasteiger partial charge >= 0.3 is 0 Å². The number of benzene rings is 1. The molecule has 154 valence electrons. The Morgan fingerprint density at radius 3 is 2.43 bits per heavy atom. The number of dihydropyridines is 1. The Hall–Kier alpha value is -2.62. The number of thiophene rings is 1. The van der Waals surface area contributed by atoms with E-state index < -0.39 is 5.92 Å². The first kappa shape index (κ1) is 22.1. The van der Waals surface area contributed by atoms with Crippen LogP contribution in [0, 0.1) is 32.1 Å². The molecule has 0 saturated carbocycles. The molecule has 2 heterocycles. The van der Waals surface area contributed by atoms with Crippen molar-refractivity contribution in [3.8, 4) is 6.07 Å². The number of aryl methyl sites for hydroxylation is 3. The van der Waals surface area contributed by atoms with Gasteiger partial charge in [-0.15, -0.1) is 11.3 Å². The summed E-state index contributed by atoms with van der Waals surface area (Å²) < 4.78 is 0. The van der Waals surface area contributed by atoms with Gasteiger partial charge in [0, 0.05) is 21.7 Å². The minimum atomic E-state index is -0.395. The Labute approximate surface area is 185 Å². The monoisotopic (exact) mass is 436 g/mol. The van der Waals surface area contributed by atoms with Crippen molar-refractivity contribution in [2.45, 2.75) is 40.5 Å². The molecule has 3 rings (SSSR count). The fourth-order valence-electron chi connectivity index (χ4n) is 3.57. The van der Waals surface area contributed by atoms with E-state index in [1.807, 2.05) is 57.3 Å². The van der Waals surface area contributed by atoms with Crippen LogP contribution >= 0.6 is 23.1 Å². The molecule has 1 aromatic heterocycles. The molecule has 0 unspecified atom stereocenters. The lowest BCUT2D eigenvalue weighted by Gasteiger charge is -2.29. The maximum Gasteiger partial charge on any atom is 0.173 e. The molecule has 0 bridgehead atoms. The van der Waals surface area contributed by atoms with Crippen LogP contribution in [0.1, 0.15) is 51.7 Å². The largest absolute Gasteiger partial charge is 0.353 e. The highest BCUT2D eigenvalue weighted by Gasteiger charge is 2.34. The van der Waals surface area contributed by atoms with Gasteiger partial charge < -0.3 is 5.32 Å². The number of carbonyl (C=O) groups is 2. The van der Waals surface area contributed by atoms with Gasteiger partial charge in [0.05, 0.1) is 28.3 Å². The first-order valence-corrected chi connectivity index (χ1v) is 11.5. The highest BCUT2D eigenvalue weighted by Crippen LogP contribution is 2.43. The zero-order valence-electron chi connectivity index (χ0n) is 17.8. The van der Waals surface area contributed by atoms with Crippen molar-refractivity contribution in [3.05, 3.63) is 78.6 Å². The lowest BCUT2D eigenvalue weighted by molar-refractivity contribution is -0.113. The maximum absolute atomic E-state index is 12.7. The Morgan fingerprint density at radius 2 is 1.87 bits per heavy atom. The lowest BCUT2D eigenvalue weighted by Crippen LogP contribution is -2.27. The molecule has 0 aliphatic carbocycles. The lowest BCUT2D eigenvalue weighted by atomic mass is 9.84. The zero-order valence-corrected chi connectivity index (χ0v) is 19.4. The molecule has 0 amide bonds. The van der Waals surface area contributed by atoms with E-state index in [4.69, 9.17) is 0 Å². The van der Waals surface area contributed by atoms with Crippen LogP contribution in [-0.4, -0.2) is 17.3 Å². The summed E-state index contributed by atoms with van der Waals surface area (Å²) in [5.41, 5.74) is 5.80. The molecule has 4 nitrogen and oxygen atoms in total. The van der Waals surface area contributed by atoms with Crippen molar-refractivity contribution in [2.75, 3.05) is 5.75 Å². The quantitative estimate of drug-likeness (QED) is 0.599. The van der Waals surface area contributed by atoms with Crippen LogP contribution in [0.15, 0.2) is 51.5 Å². The van der Waals surface area contributed by atoms with Crippen molar-refractivity contribution in [3.63, 3.8) is 0 Å². The SMILES string of the molecule is CC(=O)C1=C(C)NC(SCC(=O)c2ccc(C)c(C)c2)=C(C#N)[C@@H]1c1sccc1C. The van der Waals surface area contributed by atoms with Crippen molar-refractivity contribution < 1.29 is 9.59 Å². The number of nitrogens with zero attached hydrogens (tertiary/aromatic N) is 1. The van der Waals surface area contributed by atoms with Gasteiger partial charge in [-0.1, -0.05) is 23.9 Å². The third-order valence-electron chi connectivity index (χ3n) is 5.37. The summed E-state index contributed by atoms with van der Waals surface area (Å²) in [6.45, 7) is 9.39. The third kappa shape index (κ3) is 4.28. The predicted molar refractivity (Wildman–Crippen MR) is 124 cm³/mol. The molecule has 0 spiro atoms. The molecule has 6 heteroatoms. The van der Waals surface area contributed by atoms with Gasteiger partial charge in [-0.2, -0.15) is 5.26 Å². The van der Waals surface area contributed by atoms with Gasteiger partial charge in [0.1, 0.15) is 0 Å². The van der Waals surface area contributed by atoms with Gasteiger partial charge in [-0.3, -0.25) is 9.59 Å². The second-order valence-electron chi connectivity index (χ2n) is 7.49. The number of nitriles is 1. The van der Waals surface area contributed by atoms with Crippen LogP contribution in [0.4, 0.5) is 0 Å². The van der Waals surface area contributed by atoms with E-state index in [0.29, 0.717) is 21.7 Å². The van der Waals surface area contributed by atoms with Gasteiger partial charge in [0.2, 0.25) is 0 Å². The molecule has 2 aromatic rings. The topological polar surface area (TPSA) is 70.0 Å². The van der Waals surface area contributed by atoms with Crippen LogP contribution < -0.4 is 5.32 Å². The number of Topliss-reactive ketones (excluding diaryl/α,β-unsaturated/α-hetero) is 2. The molecule has 1 aromatic carbocycles. The number of allylic oxidation sites excluding steroid dienone is 3. The van der Waals surface area contributed by atoms with Crippen molar-refractivity contribution in [2.24, 2.45) is 0 Å². The molecule has 30 heavy (non-hydrogen) atoms. The maximum atomic E-state index is 12.7. The molecule has 0 saturated heterocycles. The Balaban J connectivity index is 1.94. The standard InChI is InChI=1S/C24H24N2O2S2/c1-13-6-7-18(10-15(13)3)20(28)12-30-24-19(11-25)22(23-14(2)8-9-29-23)21(17(5)27)16(4)26-24/h6-10,22,26H,12H2,1-5H3/t22-/m0/s1. The molecule has 0 radical (unpaired) electrons. The molecule has 1 atom stereocenters. The van der Waals surface area contributed by atoms with Gasteiger partial charge in [0.15, 0.2) is 11.6 Å². The van der Waals surface area contributed by atoms with Crippen LogP contribution in [0.2, 0.25) is 0 Å². The number of hydrogen-bond acceptors (Lipinski definition) is 6. The Morgan fingerprint density at radius 1 is 1.13 bits per heavy atom. The van der Waals surface area contributed by atoms with Crippen molar-refractivity contribution in [1.29, 1.82) is 5.26 Å². The average molecular weight is 437 g/mol. The minimum Gasteiger partial charge on any atom is -0.353 e. The highest BCUT2D eigenvalue weighted by atomic mass is 32.2. The third-order valence-corrected chi connectivity index (χ3v) is 7.47. The highest BCUT2D eigenvalue weighted by molar-refractivity contribution is 8.03. The first-order valence-electron chi connectivity index (χ1n) is 9.64. The summed E-state index contributed by atoms with van der Waals surface area (Å²) in [6, 6.07) is 10.0. The summed E-state index contributed by atoms with van der Waals surface area (Å²) in [6.07, 6.45) is 0. The van der Waals surface area contributed by atoms with E-state index >= 15 is 0 Å². The Kier molecular flexibility index (Phi) is 6.64. The molecule has 1 N–H and O–H groups in total. The summed E-state index contributed by atoms with van der Waals surface area (Å²) in [7, 11) is 0. The van der Waals surface area contributed by atoms with Crippen LogP contribution in [0.3, 0.4) is 0 Å². The van der Waals surface area contributed by atoms with Crippen LogP contribution in [-0.2, 0) is 4.79 Å². The van der Waals surface area contributed by atoms with Crippen molar-refractivity contribution >= 4 is 34.7 Å². The van der Waals surface area contributed by atoms with Gasteiger partial charge in [-0.25, -0.2) is 0 Å². The fourth-order valence-corrected chi connectivity index (χ4v) is 5.60. The van der Waals surface area contributed by atoms with Crippen LogP contribution in [0.5, 0.6) is 0 Å². The van der Waals surface area contributed by atoms with Crippen molar-refractivity contribution in [1.82, 2.24) is 5.32 Å². The predicted octanol–water partition coefficient (Wildman–Crippen LogP) is 5.57. The number of rotatable bonds is 6. The second-order valence-corrected chi connectivity index (χ2v) is 9.42. The summed E-state index contributed by atoms with van der Waals surface area (Å²) >= 11 is 2.87. The molecule has 1 aliphatic heterocycles. The average Bonchev–Trinajstić information content (AvgIpc) is 3.12. The fraction of sp³-hybridized carbons (Fsp3) is 0.292. The first-order chi connectivity index (χ1) is 14.2. The normalized spacial score (nSPS) is 16.3. The number of hydrogen-bond donors (Lipinski definition) is 1. The van der Waals surface area contributed by atoms with Gasteiger partial charge in [0.25, 0.3) is 0 Å².